The lowest BCUT2D eigenvalue weighted by atomic mass is 9.91. The second-order valence-electron chi connectivity index (χ2n) is 5.30. The van der Waals surface area contributed by atoms with Crippen molar-refractivity contribution in [1.82, 2.24) is 0 Å². The highest BCUT2D eigenvalue weighted by molar-refractivity contribution is 5.76. The molecule has 0 aliphatic rings. The molecule has 0 aliphatic heterocycles. The summed E-state index contributed by atoms with van der Waals surface area (Å²) in [5.41, 5.74) is 0.321. The molecule has 3 nitrogen and oxygen atoms in total. The number of carboxylic acids is 1. The Hall–Kier alpha value is -2.50. The number of hydrogen-bond donors (Lipinski definition) is 1. The van der Waals surface area contributed by atoms with E-state index in [9.17, 15) is 23.1 Å². The Morgan fingerprint density at radius 2 is 1.83 bits per heavy atom. The summed E-state index contributed by atoms with van der Waals surface area (Å²) in [6, 6.07) is 11.3. The number of benzene rings is 2. The van der Waals surface area contributed by atoms with E-state index in [1.165, 1.54) is 12.1 Å². The topological polar surface area (TPSA) is 46.5 Å². The van der Waals surface area contributed by atoms with Crippen molar-refractivity contribution >= 4 is 5.97 Å². The van der Waals surface area contributed by atoms with Crippen LogP contribution in [0.4, 0.5) is 13.2 Å². The molecule has 0 saturated heterocycles. The average Bonchev–Trinajstić information content (AvgIpc) is 2.52. The van der Waals surface area contributed by atoms with Crippen molar-refractivity contribution in [2.75, 3.05) is 6.61 Å². The van der Waals surface area contributed by atoms with Crippen LogP contribution in [0.5, 0.6) is 5.75 Å². The lowest BCUT2D eigenvalue weighted by Crippen LogP contribution is -2.15. The standard InChI is InChI=1S/C18H17F3O3/c1-2-24-15-5-3-4-13(11-15)16(17(22)23)10-12-6-8-14(9-7-12)18(19,20)21/h3-9,11,16H,2,10H2,1H3,(H,22,23). The van der Waals surface area contributed by atoms with E-state index in [1.54, 1.807) is 24.3 Å². The van der Waals surface area contributed by atoms with Crippen LogP contribution < -0.4 is 4.74 Å². The minimum Gasteiger partial charge on any atom is -0.494 e. The highest BCUT2D eigenvalue weighted by Gasteiger charge is 2.30. The SMILES string of the molecule is CCOc1cccc(C(Cc2ccc(C(F)(F)F)cc2)C(=O)O)c1. The van der Waals surface area contributed by atoms with Gasteiger partial charge in [-0.15, -0.1) is 0 Å². The van der Waals surface area contributed by atoms with Gasteiger partial charge in [0, 0.05) is 0 Å². The summed E-state index contributed by atoms with van der Waals surface area (Å²) in [5.74, 6) is -1.33. The maximum absolute atomic E-state index is 12.6. The molecule has 0 heterocycles. The molecule has 24 heavy (non-hydrogen) atoms. The molecule has 6 heteroatoms. The maximum atomic E-state index is 12.6. The zero-order valence-corrected chi connectivity index (χ0v) is 13.0. The predicted octanol–water partition coefficient (Wildman–Crippen LogP) is 4.52. The van der Waals surface area contributed by atoms with Crippen molar-refractivity contribution in [2.45, 2.75) is 25.4 Å². The van der Waals surface area contributed by atoms with Gasteiger partial charge in [-0.05, 0) is 48.7 Å². The smallest absolute Gasteiger partial charge is 0.416 e. The Morgan fingerprint density at radius 1 is 1.17 bits per heavy atom. The van der Waals surface area contributed by atoms with Gasteiger partial charge in [0.1, 0.15) is 5.75 Å². The Morgan fingerprint density at radius 3 is 2.38 bits per heavy atom. The van der Waals surface area contributed by atoms with Crippen LogP contribution >= 0.6 is 0 Å². The van der Waals surface area contributed by atoms with Gasteiger partial charge in [0.15, 0.2) is 0 Å². The van der Waals surface area contributed by atoms with Gasteiger partial charge in [0.25, 0.3) is 0 Å². The van der Waals surface area contributed by atoms with Crippen LogP contribution in [0.3, 0.4) is 0 Å². The molecule has 128 valence electrons. The molecule has 1 atom stereocenters. The molecular formula is C18H17F3O3. The van der Waals surface area contributed by atoms with Crippen LogP contribution in [0, 0.1) is 0 Å². The van der Waals surface area contributed by atoms with E-state index in [2.05, 4.69) is 0 Å². The molecule has 0 aromatic heterocycles. The van der Waals surface area contributed by atoms with Gasteiger partial charge >= 0.3 is 12.1 Å². The first-order valence-corrected chi connectivity index (χ1v) is 7.43. The summed E-state index contributed by atoms with van der Waals surface area (Å²) in [7, 11) is 0. The number of aliphatic carboxylic acids is 1. The van der Waals surface area contributed by atoms with Gasteiger partial charge in [0.05, 0.1) is 18.1 Å². The molecule has 0 fully saturated rings. The maximum Gasteiger partial charge on any atom is 0.416 e. The molecule has 0 radical (unpaired) electrons. The number of carboxylic acid groups (broad SMARTS) is 1. The Labute approximate surface area is 137 Å². The van der Waals surface area contributed by atoms with Crippen molar-refractivity contribution in [1.29, 1.82) is 0 Å². The van der Waals surface area contributed by atoms with E-state index < -0.39 is 23.6 Å². The Bertz CT molecular complexity index is 693. The molecule has 1 N–H and O–H groups in total. The fourth-order valence-electron chi connectivity index (χ4n) is 2.40. The predicted molar refractivity (Wildman–Crippen MR) is 83.1 cm³/mol. The van der Waals surface area contributed by atoms with Gasteiger partial charge in [-0.2, -0.15) is 13.2 Å². The summed E-state index contributed by atoms with van der Waals surface area (Å²) in [6.45, 7) is 2.28. The van der Waals surface area contributed by atoms with Crippen LogP contribution in [-0.4, -0.2) is 17.7 Å². The molecular weight excluding hydrogens is 321 g/mol. The summed E-state index contributed by atoms with van der Waals surface area (Å²) >= 11 is 0. The minimum atomic E-state index is -4.41. The third-order valence-corrected chi connectivity index (χ3v) is 3.59. The van der Waals surface area contributed by atoms with Gasteiger partial charge in [-0.1, -0.05) is 24.3 Å². The van der Waals surface area contributed by atoms with Gasteiger partial charge in [0.2, 0.25) is 0 Å². The molecule has 2 aromatic rings. The van der Waals surface area contributed by atoms with E-state index in [0.717, 1.165) is 12.1 Å². The number of carbonyl (C=O) groups is 1. The van der Waals surface area contributed by atoms with Crippen LogP contribution in [0.2, 0.25) is 0 Å². The van der Waals surface area contributed by atoms with Gasteiger partial charge in [-0.3, -0.25) is 4.79 Å². The normalized spacial score (nSPS) is 12.7. The fraction of sp³-hybridized carbons (Fsp3) is 0.278. The van der Waals surface area contributed by atoms with E-state index >= 15 is 0 Å². The highest BCUT2D eigenvalue weighted by Crippen LogP contribution is 2.30. The van der Waals surface area contributed by atoms with Crippen molar-refractivity contribution in [3.8, 4) is 5.75 Å². The molecule has 2 rings (SSSR count). The summed E-state index contributed by atoms with van der Waals surface area (Å²) in [6.07, 6.45) is -4.31. The minimum absolute atomic E-state index is 0.100. The van der Waals surface area contributed by atoms with E-state index in [4.69, 9.17) is 4.74 Å². The molecule has 0 spiro atoms. The van der Waals surface area contributed by atoms with Crippen molar-refractivity contribution in [3.63, 3.8) is 0 Å². The second-order valence-corrected chi connectivity index (χ2v) is 5.30. The zero-order valence-electron chi connectivity index (χ0n) is 13.0. The van der Waals surface area contributed by atoms with Crippen molar-refractivity contribution in [3.05, 3.63) is 65.2 Å². The number of alkyl halides is 3. The fourth-order valence-corrected chi connectivity index (χ4v) is 2.40. The molecule has 1 unspecified atom stereocenters. The van der Waals surface area contributed by atoms with Gasteiger partial charge < -0.3 is 9.84 Å². The molecule has 0 aliphatic carbocycles. The second kappa shape index (κ2) is 7.38. The lowest BCUT2D eigenvalue weighted by molar-refractivity contribution is -0.139. The van der Waals surface area contributed by atoms with Crippen LogP contribution in [-0.2, 0) is 17.4 Å². The first-order chi connectivity index (χ1) is 11.3. The molecule has 0 amide bonds. The number of rotatable bonds is 6. The highest BCUT2D eigenvalue weighted by atomic mass is 19.4. The van der Waals surface area contributed by atoms with E-state index in [-0.39, 0.29) is 6.42 Å². The zero-order chi connectivity index (χ0) is 17.7. The Balaban J connectivity index is 2.23. The van der Waals surface area contributed by atoms with Crippen LogP contribution in [0.1, 0.15) is 29.5 Å². The van der Waals surface area contributed by atoms with E-state index in [1.807, 2.05) is 6.92 Å². The monoisotopic (exact) mass is 338 g/mol. The number of halogens is 3. The first-order valence-electron chi connectivity index (χ1n) is 7.43. The van der Waals surface area contributed by atoms with Crippen LogP contribution in [0.25, 0.3) is 0 Å². The Kier molecular flexibility index (Phi) is 5.49. The third-order valence-electron chi connectivity index (χ3n) is 3.59. The molecule has 0 bridgehead atoms. The quantitative estimate of drug-likeness (QED) is 0.843. The largest absolute Gasteiger partial charge is 0.494 e. The third kappa shape index (κ3) is 4.50. The van der Waals surface area contributed by atoms with Crippen LogP contribution in [0.15, 0.2) is 48.5 Å². The molecule has 0 saturated carbocycles. The van der Waals surface area contributed by atoms with E-state index in [0.29, 0.717) is 23.5 Å². The summed E-state index contributed by atoms with van der Waals surface area (Å²) in [4.78, 5) is 11.6. The number of hydrogen-bond acceptors (Lipinski definition) is 2. The summed E-state index contributed by atoms with van der Waals surface area (Å²) < 4.78 is 43.1. The lowest BCUT2D eigenvalue weighted by Gasteiger charge is -2.15. The number of ether oxygens (including phenoxy) is 1. The van der Waals surface area contributed by atoms with Crippen molar-refractivity contribution in [2.24, 2.45) is 0 Å². The average molecular weight is 338 g/mol. The van der Waals surface area contributed by atoms with Gasteiger partial charge in [-0.25, -0.2) is 0 Å². The van der Waals surface area contributed by atoms with Crippen molar-refractivity contribution < 1.29 is 27.8 Å². The summed E-state index contributed by atoms with van der Waals surface area (Å²) in [5, 5.41) is 9.47. The molecule has 2 aromatic carbocycles. The first kappa shape index (κ1) is 17.8.